The Morgan fingerprint density at radius 1 is 1.32 bits per heavy atom. The lowest BCUT2D eigenvalue weighted by Gasteiger charge is -2.24. The summed E-state index contributed by atoms with van der Waals surface area (Å²) in [5.74, 6) is 0.355. The van der Waals surface area contributed by atoms with Crippen LogP contribution in [0.25, 0.3) is 0 Å². The number of amidine groups is 1. The molecule has 0 bridgehead atoms. The number of nitrogens with two attached hydrogens (primary N) is 1. The Labute approximate surface area is 155 Å². The molecule has 0 atom stereocenters. The maximum absolute atomic E-state index is 12.0. The van der Waals surface area contributed by atoms with E-state index < -0.39 is 15.6 Å². The molecule has 0 fully saturated rings. The largest absolute Gasteiger partial charge is 0.358 e. The molecule has 0 saturated carbocycles. The van der Waals surface area contributed by atoms with Gasteiger partial charge in [-0.2, -0.15) is 8.42 Å². The van der Waals surface area contributed by atoms with Gasteiger partial charge in [0.15, 0.2) is 0 Å². The van der Waals surface area contributed by atoms with E-state index in [0.717, 1.165) is 0 Å². The zero-order chi connectivity index (χ0) is 18.0. The van der Waals surface area contributed by atoms with Crippen LogP contribution < -0.4 is 11.1 Å². The lowest BCUT2D eigenvalue weighted by Crippen LogP contribution is -2.48. The van der Waals surface area contributed by atoms with Crippen molar-refractivity contribution in [3.05, 3.63) is 29.8 Å². The number of sulfonamides is 1. The van der Waals surface area contributed by atoms with Crippen LogP contribution in [0.1, 0.15) is 32.3 Å². The van der Waals surface area contributed by atoms with Gasteiger partial charge in [0.25, 0.3) is 10.0 Å². The summed E-state index contributed by atoms with van der Waals surface area (Å²) in [6, 6.07) is 6.76. The summed E-state index contributed by atoms with van der Waals surface area (Å²) in [5, 5.41) is 2.87. The van der Waals surface area contributed by atoms with E-state index in [4.69, 9.17) is 5.73 Å². The molecule has 140 valence electrons. The first-order chi connectivity index (χ1) is 11.2. The van der Waals surface area contributed by atoms with Gasteiger partial charge in [-0.1, -0.05) is 12.1 Å². The molecule has 7 nitrogen and oxygen atoms in total. The molecule has 1 aliphatic heterocycles. The van der Waals surface area contributed by atoms with Crippen molar-refractivity contribution in [3.8, 4) is 0 Å². The molecule has 0 radical (unpaired) electrons. The molecule has 1 aliphatic rings. The van der Waals surface area contributed by atoms with Gasteiger partial charge < -0.3 is 16.0 Å². The molecule has 1 aromatic rings. The van der Waals surface area contributed by atoms with E-state index in [1.165, 1.54) is 0 Å². The number of hydrogen-bond acceptors (Lipinski definition) is 5. The van der Waals surface area contributed by atoms with Crippen LogP contribution in [0.5, 0.6) is 0 Å². The van der Waals surface area contributed by atoms with Crippen molar-refractivity contribution in [3.63, 3.8) is 0 Å². The summed E-state index contributed by atoms with van der Waals surface area (Å²) in [6.07, 6.45) is 0.930. The second kappa shape index (κ2) is 8.16. The molecule has 2 rings (SSSR count). The van der Waals surface area contributed by atoms with Crippen LogP contribution in [0.4, 0.5) is 0 Å². The van der Waals surface area contributed by atoms with Gasteiger partial charge in [-0.3, -0.25) is 4.79 Å². The van der Waals surface area contributed by atoms with Crippen LogP contribution in [-0.2, 0) is 14.8 Å². The summed E-state index contributed by atoms with van der Waals surface area (Å²) in [5.41, 5.74) is 5.77. The zero-order valence-electron chi connectivity index (χ0n) is 14.7. The Morgan fingerprint density at radius 3 is 2.60 bits per heavy atom. The minimum absolute atomic E-state index is 0. The Kier molecular flexibility index (Phi) is 6.99. The highest BCUT2D eigenvalue weighted by Crippen LogP contribution is 2.26. The van der Waals surface area contributed by atoms with Gasteiger partial charge in [0.2, 0.25) is 5.91 Å². The van der Waals surface area contributed by atoms with Crippen LogP contribution in [0, 0.1) is 0 Å². The topological polar surface area (TPSA) is 105 Å². The maximum atomic E-state index is 12.0. The second-order valence-corrected chi connectivity index (χ2v) is 8.12. The molecule has 1 heterocycles. The van der Waals surface area contributed by atoms with Gasteiger partial charge in [0.05, 0.1) is 0 Å². The van der Waals surface area contributed by atoms with Crippen molar-refractivity contribution < 1.29 is 13.2 Å². The summed E-state index contributed by atoms with van der Waals surface area (Å²) < 4.78 is 28.0. The van der Waals surface area contributed by atoms with E-state index in [1.807, 2.05) is 13.8 Å². The van der Waals surface area contributed by atoms with E-state index in [-0.39, 0.29) is 23.2 Å². The smallest absolute Gasteiger partial charge is 0.285 e. The summed E-state index contributed by atoms with van der Waals surface area (Å²) in [7, 11) is -1.84. The predicted molar refractivity (Wildman–Crippen MR) is 101 cm³/mol. The summed E-state index contributed by atoms with van der Waals surface area (Å²) in [4.78, 5) is 13.9. The van der Waals surface area contributed by atoms with Crippen molar-refractivity contribution in [2.75, 3.05) is 20.1 Å². The quantitative estimate of drug-likeness (QED) is 0.759. The monoisotopic (exact) mass is 388 g/mol. The summed E-state index contributed by atoms with van der Waals surface area (Å²) >= 11 is 0. The number of amides is 1. The Morgan fingerprint density at radius 2 is 1.96 bits per heavy atom. The Hall–Kier alpha value is -1.64. The average Bonchev–Trinajstić information content (AvgIpc) is 2.79. The number of carbonyl (C=O) groups excluding carboxylic acids is 1. The first kappa shape index (κ1) is 21.4. The van der Waals surface area contributed by atoms with E-state index in [0.29, 0.717) is 37.3 Å². The van der Waals surface area contributed by atoms with Crippen molar-refractivity contribution in [1.29, 1.82) is 0 Å². The van der Waals surface area contributed by atoms with E-state index in [1.54, 1.807) is 36.2 Å². The highest BCUT2D eigenvalue weighted by molar-refractivity contribution is 7.90. The predicted octanol–water partition coefficient (Wildman–Crippen LogP) is 1.12. The number of nitrogens with one attached hydrogen (secondary N) is 1. The third-order valence-corrected chi connectivity index (χ3v) is 5.18. The first-order valence-electron chi connectivity index (χ1n) is 7.83. The molecule has 0 unspecified atom stereocenters. The van der Waals surface area contributed by atoms with Gasteiger partial charge in [0, 0.05) is 37.7 Å². The molecule has 0 aliphatic carbocycles. The standard InChI is InChI=1S/C16H24N4O3S.ClH/c1-16(2,11-17)18-14(21)9-6-10-20(3)15-12-7-4-5-8-13(12)24(22,23)19-15;/h4-5,7-8H,6,9-11,17H2,1-3H3,(H,18,21);1H. The van der Waals surface area contributed by atoms with Crippen molar-refractivity contribution >= 4 is 34.2 Å². The lowest BCUT2D eigenvalue weighted by atomic mass is 10.1. The number of hydrogen-bond donors (Lipinski definition) is 2. The van der Waals surface area contributed by atoms with Crippen LogP contribution in [-0.4, -0.2) is 50.7 Å². The van der Waals surface area contributed by atoms with E-state index in [2.05, 4.69) is 9.71 Å². The molecule has 25 heavy (non-hydrogen) atoms. The Balaban J connectivity index is 0.00000312. The molecule has 1 aromatic carbocycles. The number of carbonyl (C=O) groups is 1. The van der Waals surface area contributed by atoms with E-state index >= 15 is 0 Å². The van der Waals surface area contributed by atoms with Crippen LogP contribution in [0.2, 0.25) is 0 Å². The average molecular weight is 389 g/mol. The Bertz CT molecular complexity index is 762. The number of fused-ring (bicyclic) bond motifs is 1. The highest BCUT2D eigenvalue weighted by Gasteiger charge is 2.30. The second-order valence-electron chi connectivity index (χ2n) is 6.55. The minimum atomic E-state index is -3.62. The first-order valence-corrected chi connectivity index (χ1v) is 9.27. The van der Waals surface area contributed by atoms with Gasteiger partial charge in [-0.15, -0.1) is 16.8 Å². The molecule has 0 aromatic heterocycles. The maximum Gasteiger partial charge on any atom is 0.285 e. The fourth-order valence-corrected chi connectivity index (χ4v) is 3.69. The molecule has 0 saturated heterocycles. The van der Waals surface area contributed by atoms with Gasteiger partial charge in [0.1, 0.15) is 10.7 Å². The molecular formula is C16H25ClN4O3S. The van der Waals surface area contributed by atoms with Crippen molar-refractivity contribution in [2.45, 2.75) is 37.1 Å². The number of halogens is 1. The third kappa shape index (κ3) is 5.17. The van der Waals surface area contributed by atoms with Crippen LogP contribution in [0.3, 0.4) is 0 Å². The van der Waals surface area contributed by atoms with Crippen LogP contribution in [0.15, 0.2) is 33.6 Å². The SMILES string of the molecule is CN(CCCC(=O)NC(C)(C)CN)C1=NS(=O)(=O)c2ccccc21.Cl. The molecular weight excluding hydrogens is 364 g/mol. The molecule has 3 N–H and O–H groups in total. The third-order valence-electron chi connectivity index (χ3n) is 3.86. The van der Waals surface area contributed by atoms with Gasteiger partial charge >= 0.3 is 0 Å². The van der Waals surface area contributed by atoms with Crippen LogP contribution >= 0.6 is 12.4 Å². The number of nitrogens with zero attached hydrogens (tertiary/aromatic N) is 2. The van der Waals surface area contributed by atoms with Gasteiger partial charge in [-0.25, -0.2) is 0 Å². The fourth-order valence-electron chi connectivity index (χ4n) is 2.44. The molecule has 0 spiro atoms. The summed E-state index contributed by atoms with van der Waals surface area (Å²) in [6.45, 7) is 4.63. The fraction of sp³-hybridized carbons (Fsp3) is 0.500. The number of benzene rings is 1. The number of rotatable bonds is 6. The van der Waals surface area contributed by atoms with Crippen molar-refractivity contribution in [1.82, 2.24) is 10.2 Å². The normalized spacial score (nSPS) is 15.0. The van der Waals surface area contributed by atoms with E-state index in [9.17, 15) is 13.2 Å². The minimum Gasteiger partial charge on any atom is -0.358 e. The molecule has 9 heteroatoms. The molecule has 1 amide bonds. The lowest BCUT2D eigenvalue weighted by molar-refractivity contribution is -0.122. The van der Waals surface area contributed by atoms with Crippen molar-refractivity contribution in [2.24, 2.45) is 10.1 Å². The highest BCUT2D eigenvalue weighted by atomic mass is 35.5. The zero-order valence-corrected chi connectivity index (χ0v) is 16.3. The van der Waals surface area contributed by atoms with Gasteiger partial charge in [-0.05, 0) is 32.4 Å².